The van der Waals surface area contributed by atoms with Crippen molar-refractivity contribution in [2.24, 2.45) is 0 Å². The standard InChI is InChI=1S/C22H16F5N3O2.C7H12FN/c1-3-12-15(23)8-7-11-5-4-6-13(16(11)12)18-17(24)19-14(9-28-18)20(30-21(29-19)31-2)32-10-22(25,26)27;8-6-4-7-2-1-3-9(7)5-6/h4-9H,3,10H2,1-2H3;6-7H,1-5H2. The van der Waals surface area contributed by atoms with Gasteiger partial charge in [-0.2, -0.15) is 23.1 Å². The number of hydrogen-bond donors (Lipinski definition) is 0. The van der Waals surface area contributed by atoms with Gasteiger partial charge in [-0.15, -0.1) is 0 Å². The first-order chi connectivity index (χ1) is 19.6. The molecule has 41 heavy (non-hydrogen) atoms. The Bertz CT molecular complexity index is 1550. The van der Waals surface area contributed by atoms with Gasteiger partial charge in [0, 0.05) is 24.3 Å². The van der Waals surface area contributed by atoms with Crippen molar-refractivity contribution in [2.75, 3.05) is 26.8 Å². The van der Waals surface area contributed by atoms with E-state index < -0.39 is 36.5 Å². The molecule has 2 aliphatic rings. The minimum absolute atomic E-state index is 0.133. The second-order valence-electron chi connectivity index (χ2n) is 10.0. The highest BCUT2D eigenvalue weighted by molar-refractivity contribution is 6.00. The van der Waals surface area contributed by atoms with Crippen molar-refractivity contribution in [1.82, 2.24) is 19.9 Å². The van der Waals surface area contributed by atoms with E-state index in [4.69, 9.17) is 9.47 Å². The van der Waals surface area contributed by atoms with Crippen LogP contribution in [-0.2, 0) is 6.42 Å². The van der Waals surface area contributed by atoms with E-state index in [0.717, 1.165) is 19.2 Å². The molecule has 0 amide bonds. The Kier molecular flexibility index (Phi) is 8.21. The zero-order valence-corrected chi connectivity index (χ0v) is 22.4. The number of nitrogens with zero attached hydrogens (tertiary/aromatic N) is 4. The van der Waals surface area contributed by atoms with E-state index >= 15 is 4.39 Å². The molecule has 0 N–H and O–H groups in total. The molecule has 4 heterocycles. The van der Waals surface area contributed by atoms with Gasteiger partial charge in [-0.3, -0.25) is 9.88 Å². The Hall–Kier alpha value is -3.67. The molecule has 2 saturated heterocycles. The molecule has 2 aromatic carbocycles. The summed E-state index contributed by atoms with van der Waals surface area (Å²) in [6, 6.07) is 8.21. The van der Waals surface area contributed by atoms with Gasteiger partial charge in [0.05, 0.1) is 12.5 Å². The predicted octanol–water partition coefficient (Wildman–Crippen LogP) is 6.83. The number of rotatable bonds is 5. The highest BCUT2D eigenvalue weighted by Crippen LogP contribution is 2.37. The Labute approximate surface area is 232 Å². The first kappa shape index (κ1) is 28.8. The van der Waals surface area contributed by atoms with Gasteiger partial charge in [-0.1, -0.05) is 31.2 Å². The molecule has 2 aliphatic heterocycles. The molecule has 6 rings (SSSR count). The van der Waals surface area contributed by atoms with Crippen LogP contribution in [0.2, 0.25) is 0 Å². The number of aromatic nitrogens is 3. The number of benzene rings is 2. The molecule has 2 atom stereocenters. The molecule has 0 bridgehead atoms. The summed E-state index contributed by atoms with van der Waals surface area (Å²) in [6.07, 6.45) is -0.323. The highest BCUT2D eigenvalue weighted by Gasteiger charge is 2.34. The monoisotopic (exact) mass is 578 g/mol. The summed E-state index contributed by atoms with van der Waals surface area (Å²) in [7, 11) is 1.19. The zero-order chi connectivity index (χ0) is 29.3. The van der Waals surface area contributed by atoms with Crippen LogP contribution in [0.15, 0.2) is 36.5 Å². The molecular formula is C29H28F6N4O2. The summed E-state index contributed by atoms with van der Waals surface area (Å²) in [4.78, 5) is 14.1. The molecule has 218 valence electrons. The third-order valence-corrected chi connectivity index (χ3v) is 7.35. The number of fused-ring (bicyclic) bond motifs is 3. The van der Waals surface area contributed by atoms with E-state index in [1.165, 1.54) is 26.0 Å². The molecule has 0 aliphatic carbocycles. The lowest BCUT2D eigenvalue weighted by atomic mass is 9.95. The van der Waals surface area contributed by atoms with E-state index in [2.05, 4.69) is 19.9 Å². The summed E-state index contributed by atoms with van der Waals surface area (Å²) in [5, 5.41) is 1.03. The van der Waals surface area contributed by atoms with Crippen LogP contribution in [-0.4, -0.2) is 65.0 Å². The van der Waals surface area contributed by atoms with Crippen molar-refractivity contribution in [3.05, 3.63) is 53.7 Å². The first-order valence-corrected chi connectivity index (χ1v) is 13.3. The Balaban J connectivity index is 0.000000315. The molecule has 2 unspecified atom stereocenters. The summed E-state index contributed by atoms with van der Waals surface area (Å²) < 4.78 is 90.2. The van der Waals surface area contributed by atoms with Gasteiger partial charge in [-0.05, 0) is 54.6 Å². The second kappa shape index (κ2) is 11.7. The Morgan fingerprint density at radius 1 is 1.10 bits per heavy atom. The van der Waals surface area contributed by atoms with Crippen LogP contribution in [0.4, 0.5) is 26.3 Å². The number of methoxy groups -OCH3 is 1. The fourth-order valence-electron chi connectivity index (χ4n) is 5.55. The van der Waals surface area contributed by atoms with Crippen molar-refractivity contribution in [2.45, 2.75) is 51.0 Å². The summed E-state index contributed by atoms with van der Waals surface area (Å²) in [5.41, 5.74) is 0.263. The van der Waals surface area contributed by atoms with Crippen molar-refractivity contribution < 1.29 is 35.8 Å². The van der Waals surface area contributed by atoms with Crippen LogP contribution < -0.4 is 9.47 Å². The largest absolute Gasteiger partial charge is 0.467 e. The van der Waals surface area contributed by atoms with E-state index in [1.54, 1.807) is 31.2 Å². The third-order valence-electron chi connectivity index (χ3n) is 7.35. The van der Waals surface area contributed by atoms with Crippen molar-refractivity contribution >= 4 is 21.7 Å². The number of halogens is 6. The van der Waals surface area contributed by atoms with Crippen LogP contribution in [0.5, 0.6) is 11.9 Å². The first-order valence-electron chi connectivity index (χ1n) is 13.3. The average molecular weight is 579 g/mol. The number of pyridine rings is 1. The summed E-state index contributed by atoms with van der Waals surface area (Å²) >= 11 is 0. The maximum absolute atomic E-state index is 15.6. The Morgan fingerprint density at radius 2 is 1.90 bits per heavy atom. The fourth-order valence-corrected chi connectivity index (χ4v) is 5.55. The van der Waals surface area contributed by atoms with E-state index in [9.17, 15) is 22.0 Å². The van der Waals surface area contributed by atoms with E-state index in [-0.39, 0.29) is 22.6 Å². The molecule has 2 fully saturated rings. The summed E-state index contributed by atoms with van der Waals surface area (Å²) in [5.74, 6) is -1.86. The van der Waals surface area contributed by atoms with Crippen LogP contribution >= 0.6 is 0 Å². The maximum atomic E-state index is 15.6. The van der Waals surface area contributed by atoms with Crippen molar-refractivity contribution in [3.63, 3.8) is 0 Å². The van der Waals surface area contributed by atoms with Gasteiger partial charge in [0.2, 0.25) is 5.88 Å². The van der Waals surface area contributed by atoms with E-state index in [1.807, 2.05) is 0 Å². The molecule has 0 saturated carbocycles. The molecule has 0 spiro atoms. The lowest BCUT2D eigenvalue weighted by molar-refractivity contribution is -0.153. The molecule has 0 radical (unpaired) electrons. The zero-order valence-electron chi connectivity index (χ0n) is 22.4. The van der Waals surface area contributed by atoms with Crippen molar-refractivity contribution in [1.29, 1.82) is 0 Å². The van der Waals surface area contributed by atoms with Gasteiger partial charge in [-0.25, -0.2) is 13.2 Å². The van der Waals surface area contributed by atoms with Gasteiger partial charge >= 0.3 is 12.2 Å². The second-order valence-corrected chi connectivity index (χ2v) is 10.0. The van der Waals surface area contributed by atoms with Gasteiger partial charge < -0.3 is 9.47 Å². The predicted molar refractivity (Wildman–Crippen MR) is 142 cm³/mol. The normalized spacial score (nSPS) is 18.8. The average Bonchev–Trinajstić information content (AvgIpc) is 3.52. The lowest BCUT2D eigenvalue weighted by Crippen LogP contribution is -2.22. The smallest absolute Gasteiger partial charge is 0.422 e. The van der Waals surface area contributed by atoms with Gasteiger partial charge in [0.25, 0.3) is 0 Å². The highest BCUT2D eigenvalue weighted by atomic mass is 19.4. The Morgan fingerprint density at radius 3 is 2.61 bits per heavy atom. The fraction of sp³-hybridized carbons (Fsp3) is 0.414. The number of hydrogen-bond acceptors (Lipinski definition) is 6. The molecule has 12 heteroatoms. The third kappa shape index (κ3) is 6.02. The summed E-state index contributed by atoms with van der Waals surface area (Å²) in [6.45, 7) is 2.00. The van der Waals surface area contributed by atoms with Crippen LogP contribution in [0.3, 0.4) is 0 Å². The number of ether oxygens (including phenoxy) is 2. The van der Waals surface area contributed by atoms with Gasteiger partial charge in [0.1, 0.15) is 23.2 Å². The van der Waals surface area contributed by atoms with Crippen molar-refractivity contribution in [3.8, 4) is 23.1 Å². The minimum Gasteiger partial charge on any atom is -0.467 e. The van der Waals surface area contributed by atoms with Crippen LogP contribution in [0, 0.1) is 11.6 Å². The SMILES string of the molecule is CCc1c(F)ccc2cccc(-c3ncc4c(OCC(F)(F)F)nc(OC)nc4c3F)c12.FC1CC2CCCN2C1. The maximum Gasteiger partial charge on any atom is 0.422 e. The molecule has 2 aromatic heterocycles. The van der Waals surface area contributed by atoms with E-state index in [0.29, 0.717) is 40.9 Å². The molecule has 4 aromatic rings. The molecule has 6 nitrogen and oxygen atoms in total. The molecular weight excluding hydrogens is 550 g/mol. The number of aryl methyl sites for hydroxylation is 1. The number of alkyl halides is 4. The minimum atomic E-state index is -4.62. The van der Waals surface area contributed by atoms with Gasteiger partial charge in [0.15, 0.2) is 12.4 Å². The van der Waals surface area contributed by atoms with Crippen LogP contribution in [0.25, 0.3) is 32.9 Å². The van der Waals surface area contributed by atoms with Crippen LogP contribution in [0.1, 0.15) is 31.7 Å². The lowest BCUT2D eigenvalue weighted by Gasteiger charge is -2.14. The topological polar surface area (TPSA) is 60.4 Å². The quantitative estimate of drug-likeness (QED) is 0.242.